The zero-order valence-electron chi connectivity index (χ0n) is 13.4. The Kier molecular flexibility index (Phi) is 5.23. The van der Waals surface area contributed by atoms with Crippen molar-refractivity contribution in [1.29, 1.82) is 0 Å². The highest BCUT2D eigenvalue weighted by atomic mass is 32.1. The molecule has 1 aromatic heterocycles. The highest BCUT2D eigenvalue weighted by molar-refractivity contribution is 7.15. The fourth-order valence-corrected chi connectivity index (χ4v) is 3.71. The molecule has 2 aromatic rings. The monoisotopic (exact) mass is 330 g/mol. The minimum atomic E-state index is 0.0634. The number of anilines is 2. The van der Waals surface area contributed by atoms with Crippen molar-refractivity contribution in [3.05, 3.63) is 35.3 Å². The molecule has 0 saturated carbocycles. The van der Waals surface area contributed by atoms with Gasteiger partial charge in [-0.3, -0.25) is 4.79 Å². The predicted molar refractivity (Wildman–Crippen MR) is 93.9 cm³/mol. The summed E-state index contributed by atoms with van der Waals surface area (Å²) in [5, 5.41) is 12.7. The topological polar surface area (TPSA) is 58.1 Å². The minimum absolute atomic E-state index is 0.0634. The van der Waals surface area contributed by atoms with E-state index in [0.717, 1.165) is 43.8 Å². The molecule has 0 atom stereocenters. The molecule has 1 saturated heterocycles. The molecule has 0 spiro atoms. The number of benzene rings is 1. The molecule has 23 heavy (non-hydrogen) atoms. The number of rotatable bonds is 5. The maximum atomic E-state index is 12.4. The second kappa shape index (κ2) is 7.55. The number of amides is 1. The Balaban J connectivity index is 1.51. The lowest BCUT2D eigenvalue weighted by Crippen LogP contribution is -2.38. The molecule has 0 aliphatic carbocycles. The van der Waals surface area contributed by atoms with Gasteiger partial charge in [-0.1, -0.05) is 36.5 Å². The van der Waals surface area contributed by atoms with E-state index in [0.29, 0.717) is 5.13 Å². The second-order valence-corrected chi connectivity index (χ2v) is 6.90. The molecule has 122 valence electrons. The Labute approximate surface area is 140 Å². The van der Waals surface area contributed by atoms with Crippen molar-refractivity contribution in [3.63, 3.8) is 0 Å². The summed E-state index contributed by atoms with van der Waals surface area (Å²) in [4.78, 5) is 14.7. The Hall–Kier alpha value is -1.95. The average Bonchev–Trinajstić information content (AvgIpc) is 3.03. The molecule has 1 aliphatic rings. The number of para-hydroxylation sites is 1. The van der Waals surface area contributed by atoms with Crippen molar-refractivity contribution in [1.82, 2.24) is 10.2 Å². The van der Waals surface area contributed by atoms with Crippen LogP contribution in [0.1, 0.15) is 31.2 Å². The van der Waals surface area contributed by atoms with Crippen LogP contribution in [-0.2, 0) is 11.2 Å². The van der Waals surface area contributed by atoms with Crippen LogP contribution in [0.5, 0.6) is 0 Å². The van der Waals surface area contributed by atoms with Gasteiger partial charge in [-0.25, -0.2) is 0 Å². The van der Waals surface area contributed by atoms with Gasteiger partial charge < -0.3 is 10.2 Å². The number of hydrogen-bond acceptors (Lipinski definition) is 5. The van der Waals surface area contributed by atoms with E-state index >= 15 is 0 Å². The fourth-order valence-electron chi connectivity index (χ4n) is 2.87. The first-order chi connectivity index (χ1) is 11.3. The SMILES string of the molecule is CCCc1nnc(NC(=O)C2CCN(c3ccccc3)CC2)s1. The molecule has 0 bridgehead atoms. The van der Waals surface area contributed by atoms with E-state index in [-0.39, 0.29) is 11.8 Å². The van der Waals surface area contributed by atoms with Crippen LogP contribution in [0, 0.1) is 5.92 Å². The van der Waals surface area contributed by atoms with E-state index < -0.39 is 0 Å². The number of nitrogens with zero attached hydrogens (tertiary/aromatic N) is 3. The fraction of sp³-hybridized carbons (Fsp3) is 0.471. The molecule has 6 heteroatoms. The first-order valence-corrected chi connectivity index (χ1v) is 9.01. The van der Waals surface area contributed by atoms with Gasteiger partial charge in [-0.15, -0.1) is 10.2 Å². The Morgan fingerprint density at radius 2 is 2.00 bits per heavy atom. The summed E-state index contributed by atoms with van der Waals surface area (Å²) in [7, 11) is 0. The number of hydrogen-bond donors (Lipinski definition) is 1. The predicted octanol–water partition coefficient (Wildman–Crippen LogP) is 3.35. The van der Waals surface area contributed by atoms with Crippen molar-refractivity contribution in [2.45, 2.75) is 32.6 Å². The number of carbonyl (C=O) groups excluding carboxylic acids is 1. The Morgan fingerprint density at radius 1 is 1.26 bits per heavy atom. The summed E-state index contributed by atoms with van der Waals surface area (Å²) in [5.74, 6) is 0.144. The molecule has 0 unspecified atom stereocenters. The second-order valence-electron chi connectivity index (χ2n) is 5.84. The third-order valence-electron chi connectivity index (χ3n) is 4.15. The summed E-state index contributed by atoms with van der Waals surface area (Å²) in [6.45, 7) is 3.94. The van der Waals surface area contributed by atoms with Gasteiger partial charge in [0.25, 0.3) is 0 Å². The first kappa shape index (κ1) is 15.9. The van der Waals surface area contributed by atoms with Crippen LogP contribution in [-0.4, -0.2) is 29.2 Å². The van der Waals surface area contributed by atoms with Gasteiger partial charge in [0.1, 0.15) is 5.01 Å². The van der Waals surface area contributed by atoms with Gasteiger partial charge in [-0.2, -0.15) is 0 Å². The largest absolute Gasteiger partial charge is 0.371 e. The summed E-state index contributed by atoms with van der Waals surface area (Å²) in [5.41, 5.74) is 1.24. The van der Waals surface area contributed by atoms with Gasteiger partial charge in [0.05, 0.1) is 0 Å². The van der Waals surface area contributed by atoms with E-state index in [2.05, 4.69) is 51.6 Å². The van der Waals surface area contributed by atoms with Gasteiger partial charge in [0.15, 0.2) is 0 Å². The Bertz CT molecular complexity index is 635. The van der Waals surface area contributed by atoms with E-state index in [1.165, 1.54) is 17.0 Å². The Morgan fingerprint density at radius 3 is 2.70 bits per heavy atom. The van der Waals surface area contributed by atoms with E-state index in [9.17, 15) is 4.79 Å². The zero-order chi connectivity index (χ0) is 16.1. The summed E-state index contributed by atoms with van der Waals surface area (Å²) in [6, 6.07) is 10.4. The lowest BCUT2D eigenvalue weighted by Gasteiger charge is -2.32. The maximum Gasteiger partial charge on any atom is 0.229 e. The van der Waals surface area contributed by atoms with Crippen molar-refractivity contribution in [2.24, 2.45) is 5.92 Å². The lowest BCUT2D eigenvalue weighted by molar-refractivity contribution is -0.120. The average molecular weight is 330 g/mol. The van der Waals surface area contributed by atoms with Crippen molar-refractivity contribution < 1.29 is 4.79 Å². The molecule has 5 nitrogen and oxygen atoms in total. The van der Waals surface area contributed by atoms with Crippen LogP contribution in [0.4, 0.5) is 10.8 Å². The number of piperidine rings is 1. The third-order valence-corrected chi connectivity index (χ3v) is 5.05. The zero-order valence-corrected chi connectivity index (χ0v) is 14.2. The quantitative estimate of drug-likeness (QED) is 0.913. The van der Waals surface area contributed by atoms with Crippen LogP contribution in [0.3, 0.4) is 0 Å². The molecule has 1 N–H and O–H groups in total. The molecule has 2 heterocycles. The molecular formula is C17H22N4OS. The van der Waals surface area contributed by atoms with Crippen LogP contribution in [0.2, 0.25) is 0 Å². The molecule has 1 aromatic carbocycles. The molecular weight excluding hydrogens is 308 g/mol. The van der Waals surface area contributed by atoms with Crippen molar-refractivity contribution in [2.75, 3.05) is 23.3 Å². The van der Waals surface area contributed by atoms with E-state index in [4.69, 9.17) is 0 Å². The van der Waals surface area contributed by atoms with Crippen LogP contribution < -0.4 is 10.2 Å². The van der Waals surface area contributed by atoms with Crippen LogP contribution >= 0.6 is 11.3 Å². The molecule has 1 aliphatic heterocycles. The number of nitrogens with one attached hydrogen (secondary N) is 1. The minimum Gasteiger partial charge on any atom is -0.371 e. The van der Waals surface area contributed by atoms with Crippen LogP contribution in [0.25, 0.3) is 0 Å². The van der Waals surface area contributed by atoms with E-state index in [1.54, 1.807) is 0 Å². The van der Waals surface area contributed by atoms with E-state index in [1.807, 2.05) is 6.07 Å². The number of carbonyl (C=O) groups is 1. The molecule has 0 radical (unpaired) electrons. The van der Waals surface area contributed by atoms with Gasteiger partial charge >= 0.3 is 0 Å². The van der Waals surface area contributed by atoms with Crippen LogP contribution in [0.15, 0.2) is 30.3 Å². The molecule has 3 rings (SSSR count). The van der Waals surface area contributed by atoms with Gasteiger partial charge in [0, 0.05) is 31.1 Å². The van der Waals surface area contributed by atoms with Gasteiger partial charge in [-0.05, 0) is 31.4 Å². The summed E-state index contributed by atoms with van der Waals surface area (Å²) in [6.07, 6.45) is 3.71. The van der Waals surface area contributed by atoms with Crippen molar-refractivity contribution >= 4 is 28.1 Å². The third kappa shape index (κ3) is 4.07. The van der Waals surface area contributed by atoms with Crippen molar-refractivity contribution in [3.8, 4) is 0 Å². The number of aryl methyl sites for hydroxylation is 1. The number of aromatic nitrogens is 2. The van der Waals surface area contributed by atoms with Gasteiger partial charge in [0.2, 0.25) is 11.0 Å². The lowest BCUT2D eigenvalue weighted by atomic mass is 9.95. The standard InChI is InChI=1S/C17H22N4OS/c1-2-6-15-19-20-17(23-15)18-16(22)13-9-11-21(12-10-13)14-7-4-3-5-8-14/h3-5,7-8,13H,2,6,9-12H2,1H3,(H,18,20,22). The summed E-state index contributed by atoms with van der Waals surface area (Å²) >= 11 is 1.48. The first-order valence-electron chi connectivity index (χ1n) is 8.19. The maximum absolute atomic E-state index is 12.4. The highest BCUT2D eigenvalue weighted by Crippen LogP contribution is 2.25. The summed E-state index contributed by atoms with van der Waals surface area (Å²) < 4.78 is 0. The highest BCUT2D eigenvalue weighted by Gasteiger charge is 2.25. The smallest absolute Gasteiger partial charge is 0.229 e. The normalized spacial score (nSPS) is 15.6. The molecule has 1 fully saturated rings. The molecule has 1 amide bonds.